The maximum absolute atomic E-state index is 13.2. The van der Waals surface area contributed by atoms with Crippen molar-refractivity contribution in [1.29, 1.82) is 0 Å². The lowest BCUT2D eigenvalue weighted by Gasteiger charge is -2.40. The SMILES string of the molecule is CC(C)(C)OC(=O)N1CCN(S(=O)(=O)c2ccccc2)C(COc2cccnc2)C1. The highest BCUT2D eigenvalue weighted by Gasteiger charge is 2.39. The molecule has 30 heavy (non-hydrogen) atoms. The zero-order chi connectivity index (χ0) is 21.8. The summed E-state index contributed by atoms with van der Waals surface area (Å²) < 4.78 is 39.1. The van der Waals surface area contributed by atoms with Crippen molar-refractivity contribution in [2.75, 3.05) is 26.2 Å². The number of carbonyl (C=O) groups excluding carboxylic acids is 1. The zero-order valence-electron chi connectivity index (χ0n) is 17.4. The van der Waals surface area contributed by atoms with Crippen LogP contribution < -0.4 is 4.74 Å². The maximum Gasteiger partial charge on any atom is 0.410 e. The standard InChI is InChI=1S/C21H27N3O5S/c1-21(2,3)29-20(25)23-12-13-24(30(26,27)19-9-5-4-6-10-19)17(15-23)16-28-18-8-7-11-22-14-18/h4-11,14,17H,12-13,15-16H2,1-3H3. The van der Waals surface area contributed by atoms with Crippen molar-refractivity contribution in [1.82, 2.24) is 14.2 Å². The first kappa shape index (κ1) is 22.0. The predicted molar refractivity (Wildman–Crippen MR) is 112 cm³/mol. The monoisotopic (exact) mass is 433 g/mol. The Kier molecular flexibility index (Phi) is 6.62. The van der Waals surface area contributed by atoms with Crippen LogP contribution in [0.1, 0.15) is 20.8 Å². The van der Waals surface area contributed by atoms with Gasteiger partial charge in [0, 0.05) is 25.8 Å². The number of benzene rings is 1. The van der Waals surface area contributed by atoms with Gasteiger partial charge in [-0.3, -0.25) is 4.98 Å². The summed E-state index contributed by atoms with van der Waals surface area (Å²) in [6.45, 7) is 6.03. The number of piperazine rings is 1. The number of sulfonamides is 1. The molecular formula is C21H27N3O5S. The van der Waals surface area contributed by atoms with Crippen LogP contribution >= 0.6 is 0 Å². The summed E-state index contributed by atoms with van der Waals surface area (Å²) in [7, 11) is -3.74. The molecule has 0 N–H and O–H groups in total. The second-order valence-electron chi connectivity index (χ2n) is 8.01. The summed E-state index contributed by atoms with van der Waals surface area (Å²) in [6, 6.07) is 11.2. The van der Waals surface area contributed by atoms with Crippen LogP contribution in [0.3, 0.4) is 0 Å². The molecule has 8 nitrogen and oxygen atoms in total. The van der Waals surface area contributed by atoms with Gasteiger partial charge in [-0.15, -0.1) is 0 Å². The summed E-state index contributed by atoms with van der Waals surface area (Å²) in [6.07, 6.45) is 2.72. The summed E-state index contributed by atoms with van der Waals surface area (Å²) in [5.74, 6) is 0.531. The van der Waals surface area contributed by atoms with Crippen molar-refractivity contribution in [3.8, 4) is 5.75 Å². The van der Waals surface area contributed by atoms with Gasteiger partial charge in [0.2, 0.25) is 10.0 Å². The molecule has 1 aliphatic rings. The van der Waals surface area contributed by atoms with Crippen LogP contribution in [0.2, 0.25) is 0 Å². The number of amides is 1. The van der Waals surface area contributed by atoms with E-state index >= 15 is 0 Å². The number of hydrogen-bond acceptors (Lipinski definition) is 6. The lowest BCUT2D eigenvalue weighted by molar-refractivity contribution is 0.00978. The number of pyridine rings is 1. The normalized spacial score (nSPS) is 18.1. The Bertz CT molecular complexity index is 946. The first-order valence-corrected chi connectivity index (χ1v) is 11.2. The van der Waals surface area contributed by atoms with E-state index in [0.717, 1.165) is 0 Å². The number of ether oxygens (including phenoxy) is 2. The molecule has 1 aromatic carbocycles. The van der Waals surface area contributed by atoms with Crippen LogP contribution in [-0.2, 0) is 14.8 Å². The van der Waals surface area contributed by atoms with Gasteiger partial charge in [-0.2, -0.15) is 4.31 Å². The van der Waals surface area contributed by atoms with Crippen molar-refractivity contribution in [3.05, 3.63) is 54.9 Å². The third-order valence-electron chi connectivity index (χ3n) is 4.51. The zero-order valence-corrected chi connectivity index (χ0v) is 18.2. The van der Waals surface area contributed by atoms with Crippen molar-refractivity contribution < 1.29 is 22.7 Å². The van der Waals surface area contributed by atoms with Gasteiger partial charge in [0.05, 0.1) is 17.1 Å². The highest BCUT2D eigenvalue weighted by Crippen LogP contribution is 2.23. The average molecular weight is 434 g/mol. The highest BCUT2D eigenvalue weighted by molar-refractivity contribution is 7.89. The van der Waals surface area contributed by atoms with E-state index < -0.39 is 27.8 Å². The fourth-order valence-corrected chi connectivity index (χ4v) is 4.75. The Labute approximate surface area is 177 Å². The Morgan fingerprint density at radius 2 is 1.87 bits per heavy atom. The van der Waals surface area contributed by atoms with Crippen LogP contribution in [0, 0.1) is 0 Å². The Morgan fingerprint density at radius 1 is 1.13 bits per heavy atom. The average Bonchev–Trinajstić information content (AvgIpc) is 2.72. The molecule has 1 atom stereocenters. The third-order valence-corrected chi connectivity index (χ3v) is 6.47. The van der Waals surface area contributed by atoms with Crippen LogP contribution in [0.5, 0.6) is 5.75 Å². The van der Waals surface area contributed by atoms with Crippen molar-refractivity contribution in [3.63, 3.8) is 0 Å². The van der Waals surface area contributed by atoms with Gasteiger partial charge in [0.15, 0.2) is 0 Å². The Balaban J connectivity index is 1.81. The fraction of sp³-hybridized carbons (Fsp3) is 0.429. The Hall–Kier alpha value is -2.65. The van der Waals surface area contributed by atoms with Crippen LogP contribution in [0.25, 0.3) is 0 Å². The van der Waals surface area contributed by atoms with E-state index in [1.165, 1.54) is 9.21 Å². The predicted octanol–water partition coefficient (Wildman–Crippen LogP) is 2.77. The molecule has 3 rings (SSSR count). The van der Waals surface area contributed by atoms with Crippen molar-refractivity contribution >= 4 is 16.1 Å². The molecule has 9 heteroatoms. The molecule has 0 aliphatic carbocycles. The number of nitrogens with zero attached hydrogens (tertiary/aromatic N) is 3. The van der Waals surface area contributed by atoms with E-state index in [1.807, 2.05) is 0 Å². The fourth-order valence-electron chi connectivity index (χ4n) is 3.14. The van der Waals surface area contributed by atoms with Crippen molar-refractivity contribution in [2.24, 2.45) is 0 Å². The van der Waals surface area contributed by atoms with E-state index in [1.54, 1.807) is 75.6 Å². The first-order valence-electron chi connectivity index (χ1n) is 9.74. The molecule has 0 spiro atoms. The largest absolute Gasteiger partial charge is 0.490 e. The molecule has 1 aromatic heterocycles. The molecule has 0 saturated carbocycles. The molecule has 162 valence electrons. The summed E-state index contributed by atoms with van der Waals surface area (Å²) in [5.41, 5.74) is -0.633. The van der Waals surface area contributed by atoms with Crippen molar-refractivity contribution in [2.45, 2.75) is 37.3 Å². The van der Waals surface area contributed by atoms with Gasteiger partial charge in [-0.25, -0.2) is 13.2 Å². The molecule has 2 aromatic rings. The van der Waals surface area contributed by atoms with E-state index in [9.17, 15) is 13.2 Å². The summed E-state index contributed by atoms with van der Waals surface area (Å²) in [4.78, 5) is 18.3. The lowest BCUT2D eigenvalue weighted by atomic mass is 10.2. The first-order chi connectivity index (χ1) is 14.2. The number of rotatable bonds is 5. The van der Waals surface area contributed by atoms with Gasteiger partial charge in [0.1, 0.15) is 18.0 Å². The van der Waals surface area contributed by atoms with Crippen LogP contribution in [-0.4, -0.2) is 66.6 Å². The van der Waals surface area contributed by atoms with Gasteiger partial charge in [0.25, 0.3) is 0 Å². The minimum Gasteiger partial charge on any atom is -0.490 e. The van der Waals surface area contributed by atoms with E-state index in [-0.39, 0.29) is 31.1 Å². The second kappa shape index (κ2) is 9.01. The van der Waals surface area contributed by atoms with Gasteiger partial charge < -0.3 is 14.4 Å². The van der Waals surface area contributed by atoms with Crippen LogP contribution in [0.15, 0.2) is 59.8 Å². The lowest BCUT2D eigenvalue weighted by Crippen LogP contribution is -2.58. The Morgan fingerprint density at radius 3 is 2.50 bits per heavy atom. The molecule has 1 aliphatic heterocycles. The molecule has 1 amide bonds. The number of hydrogen-bond donors (Lipinski definition) is 0. The summed E-state index contributed by atoms with van der Waals surface area (Å²) in [5, 5.41) is 0. The number of carbonyl (C=O) groups is 1. The molecule has 1 fully saturated rings. The van der Waals surface area contributed by atoms with E-state index in [0.29, 0.717) is 5.75 Å². The molecule has 1 saturated heterocycles. The summed E-state index contributed by atoms with van der Waals surface area (Å²) >= 11 is 0. The van der Waals surface area contributed by atoms with Gasteiger partial charge in [-0.1, -0.05) is 18.2 Å². The smallest absolute Gasteiger partial charge is 0.410 e. The van der Waals surface area contributed by atoms with Gasteiger partial charge in [-0.05, 0) is 45.0 Å². The van der Waals surface area contributed by atoms with Crippen LogP contribution in [0.4, 0.5) is 4.79 Å². The van der Waals surface area contributed by atoms with Gasteiger partial charge >= 0.3 is 6.09 Å². The minimum atomic E-state index is -3.74. The molecule has 1 unspecified atom stereocenters. The second-order valence-corrected chi connectivity index (χ2v) is 9.90. The number of aromatic nitrogens is 1. The quantitative estimate of drug-likeness (QED) is 0.720. The minimum absolute atomic E-state index is 0.0804. The van der Waals surface area contributed by atoms with E-state index in [4.69, 9.17) is 9.47 Å². The topological polar surface area (TPSA) is 89.0 Å². The van der Waals surface area contributed by atoms with E-state index in [2.05, 4.69) is 4.98 Å². The molecule has 0 bridgehead atoms. The third kappa shape index (κ3) is 5.48. The maximum atomic E-state index is 13.2. The highest BCUT2D eigenvalue weighted by atomic mass is 32.2. The molecule has 0 radical (unpaired) electrons. The molecular weight excluding hydrogens is 406 g/mol. The molecule has 2 heterocycles.